The molecule has 0 spiro atoms. The molecule has 2 atom stereocenters. The Morgan fingerprint density at radius 1 is 0.943 bits per heavy atom. The maximum atomic E-state index is 13.3. The van der Waals surface area contributed by atoms with E-state index in [2.05, 4.69) is 15.0 Å². The maximum absolute atomic E-state index is 13.3. The van der Waals surface area contributed by atoms with Gasteiger partial charge in [-0.25, -0.2) is 13.4 Å². The number of nitrogens with zero attached hydrogens (tertiary/aromatic N) is 2. The molecule has 3 aromatic rings. The molecule has 10 heteroatoms. The maximum Gasteiger partial charge on any atom is 0.263 e. The molecule has 0 saturated carbocycles. The molecular weight excluding hydrogens is 468 g/mol. The quantitative estimate of drug-likeness (QED) is 0.464. The van der Waals surface area contributed by atoms with Gasteiger partial charge in [0.1, 0.15) is 11.9 Å². The number of fused-ring (bicyclic) bond motifs is 1. The summed E-state index contributed by atoms with van der Waals surface area (Å²) >= 11 is 0. The van der Waals surface area contributed by atoms with Gasteiger partial charge in [0.15, 0.2) is 0 Å². The normalized spacial score (nSPS) is 14.9. The van der Waals surface area contributed by atoms with E-state index in [1.807, 2.05) is 6.92 Å². The minimum atomic E-state index is -3.87. The predicted molar refractivity (Wildman–Crippen MR) is 130 cm³/mol. The van der Waals surface area contributed by atoms with Gasteiger partial charge in [-0.15, -0.1) is 0 Å². The third-order valence-electron chi connectivity index (χ3n) is 5.89. The molecule has 4 rings (SSSR count). The monoisotopic (exact) mass is 492 g/mol. The van der Waals surface area contributed by atoms with Gasteiger partial charge >= 0.3 is 0 Å². The number of imide groups is 1. The fourth-order valence-corrected chi connectivity index (χ4v) is 4.88. The second kappa shape index (κ2) is 9.67. The van der Waals surface area contributed by atoms with Crippen LogP contribution < -0.4 is 10.0 Å². The molecule has 1 aliphatic rings. The van der Waals surface area contributed by atoms with Gasteiger partial charge < -0.3 is 5.32 Å². The van der Waals surface area contributed by atoms with Crippen molar-refractivity contribution < 1.29 is 22.8 Å². The topological polar surface area (TPSA) is 126 Å². The smallest absolute Gasteiger partial charge is 0.263 e. The van der Waals surface area contributed by atoms with E-state index in [9.17, 15) is 22.8 Å². The number of carbonyl (C=O) groups is 3. The number of hydrogen-bond acceptors (Lipinski definition) is 6. The molecule has 2 heterocycles. The Labute approximate surface area is 203 Å². The van der Waals surface area contributed by atoms with Crippen molar-refractivity contribution in [3.63, 3.8) is 0 Å². The number of aromatic nitrogens is 1. The Bertz CT molecular complexity index is 1340. The summed E-state index contributed by atoms with van der Waals surface area (Å²) in [6, 6.07) is 15.9. The zero-order chi connectivity index (χ0) is 25.2. The van der Waals surface area contributed by atoms with Crippen LogP contribution in [-0.4, -0.2) is 42.1 Å². The lowest BCUT2D eigenvalue weighted by molar-refractivity contribution is -0.121. The SMILES string of the molecule is CCC(C)C(C(=O)Nc1ccc(S(=O)(=O)Nc2ccccn2)cc1)N1C(=O)c2ccccc2C1=O. The summed E-state index contributed by atoms with van der Waals surface area (Å²) in [6.45, 7) is 3.67. The minimum absolute atomic E-state index is 0.0139. The molecule has 2 unspecified atom stereocenters. The summed E-state index contributed by atoms with van der Waals surface area (Å²) in [5.74, 6) is -1.67. The predicted octanol–water partition coefficient (Wildman–Crippen LogP) is 3.53. The molecule has 0 aliphatic carbocycles. The lowest BCUT2D eigenvalue weighted by Crippen LogP contribution is -2.50. The van der Waals surface area contributed by atoms with Crippen LogP contribution in [0.4, 0.5) is 11.5 Å². The average molecular weight is 493 g/mol. The van der Waals surface area contributed by atoms with E-state index in [1.54, 1.807) is 43.3 Å². The number of rotatable bonds is 8. The zero-order valence-corrected chi connectivity index (χ0v) is 20.0. The van der Waals surface area contributed by atoms with Crippen molar-refractivity contribution in [1.29, 1.82) is 0 Å². The lowest BCUT2D eigenvalue weighted by atomic mass is 9.96. The van der Waals surface area contributed by atoms with Crippen molar-refractivity contribution in [1.82, 2.24) is 9.88 Å². The van der Waals surface area contributed by atoms with Crippen molar-refractivity contribution >= 4 is 39.3 Å². The second-order valence-electron chi connectivity index (χ2n) is 8.19. The van der Waals surface area contributed by atoms with Crippen molar-refractivity contribution in [2.24, 2.45) is 5.92 Å². The first kappa shape index (κ1) is 24.1. The largest absolute Gasteiger partial charge is 0.324 e. The van der Waals surface area contributed by atoms with Gasteiger partial charge in [-0.1, -0.05) is 38.5 Å². The second-order valence-corrected chi connectivity index (χ2v) is 9.87. The number of carbonyl (C=O) groups excluding carboxylic acids is 3. The van der Waals surface area contributed by atoms with Gasteiger partial charge in [0.25, 0.3) is 21.8 Å². The third kappa shape index (κ3) is 4.78. The Morgan fingerprint density at radius 2 is 1.54 bits per heavy atom. The highest BCUT2D eigenvalue weighted by Gasteiger charge is 2.44. The molecule has 1 aromatic heterocycles. The van der Waals surface area contributed by atoms with Crippen LogP contribution in [0.2, 0.25) is 0 Å². The first-order valence-electron chi connectivity index (χ1n) is 11.0. The van der Waals surface area contributed by atoms with Crippen LogP contribution in [0.15, 0.2) is 77.8 Å². The van der Waals surface area contributed by atoms with E-state index in [1.165, 1.54) is 36.5 Å². The van der Waals surface area contributed by atoms with E-state index >= 15 is 0 Å². The average Bonchev–Trinajstić information content (AvgIpc) is 3.10. The van der Waals surface area contributed by atoms with Gasteiger partial charge in [-0.05, 0) is 54.4 Å². The number of nitrogens with one attached hydrogen (secondary N) is 2. The number of hydrogen-bond donors (Lipinski definition) is 2. The fraction of sp³-hybridized carbons (Fsp3) is 0.200. The fourth-order valence-electron chi connectivity index (χ4n) is 3.87. The third-order valence-corrected chi connectivity index (χ3v) is 7.26. The molecule has 0 fully saturated rings. The summed E-state index contributed by atoms with van der Waals surface area (Å²) < 4.78 is 27.6. The van der Waals surface area contributed by atoms with Gasteiger partial charge in [0, 0.05) is 11.9 Å². The molecule has 0 saturated heterocycles. The molecule has 1 aliphatic heterocycles. The van der Waals surface area contributed by atoms with E-state index in [0.29, 0.717) is 12.1 Å². The first-order valence-corrected chi connectivity index (χ1v) is 12.5. The van der Waals surface area contributed by atoms with Crippen LogP contribution in [0.5, 0.6) is 0 Å². The highest BCUT2D eigenvalue weighted by molar-refractivity contribution is 7.92. The molecule has 2 aromatic carbocycles. The van der Waals surface area contributed by atoms with Gasteiger partial charge in [0.05, 0.1) is 16.0 Å². The number of sulfonamides is 1. The highest BCUT2D eigenvalue weighted by atomic mass is 32.2. The number of pyridine rings is 1. The molecule has 180 valence electrons. The molecule has 2 N–H and O–H groups in total. The molecule has 3 amide bonds. The van der Waals surface area contributed by atoms with E-state index < -0.39 is 33.8 Å². The first-order chi connectivity index (χ1) is 16.7. The molecule has 0 bridgehead atoms. The van der Waals surface area contributed by atoms with Crippen LogP contribution in [-0.2, 0) is 14.8 Å². The standard InChI is InChI=1S/C25H24N4O5S/c1-3-16(2)22(29-24(31)19-8-4-5-9-20(19)25(29)32)23(30)27-17-11-13-18(14-12-17)35(33,34)28-21-10-6-7-15-26-21/h4-16,22H,3H2,1-2H3,(H,26,28)(H,27,30). The van der Waals surface area contributed by atoms with Gasteiger partial charge in [-0.2, -0.15) is 0 Å². The van der Waals surface area contributed by atoms with Crippen LogP contribution in [0.3, 0.4) is 0 Å². The zero-order valence-electron chi connectivity index (χ0n) is 19.1. The number of amides is 3. The van der Waals surface area contributed by atoms with Crippen LogP contribution in [0.25, 0.3) is 0 Å². The lowest BCUT2D eigenvalue weighted by Gasteiger charge is -2.29. The summed E-state index contributed by atoms with van der Waals surface area (Å²) in [5.41, 5.74) is 0.874. The van der Waals surface area contributed by atoms with E-state index in [0.717, 1.165) is 4.90 Å². The summed E-state index contributed by atoms with van der Waals surface area (Å²) in [4.78, 5) is 44.2. The number of benzene rings is 2. The van der Waals surface area contributed by atoms with Gasteiger partial charge in [0.2, 0.25) is 5.91 Å². The van der Waals surface area contributed by atoms with Crippen LogP contribution >= 0.6 is 0 Å². The summed E-state index contributed by atoms with van der Waals surface area (Å²) in [7, 11) is -3.87. The van der Waals surface area contributed by atoms with Crippen molar-refractivity contribution in [2.75, 3.05) is 10.0 Å². The van der Waals surface area contributed by atoms with Crippen LogP contribution in [0.1, 0.15) is 41.0 Å². The Balaban J connectivity index is 1.53. The van der Waals surface area contributed by atoms with Crippen molar-refractivity contribution in [3.8, 4) is 0 Å². The van der Waals surface area contributed by atoms with E-state index in [-0.39, 0.29) is 27.8 Å². The van der Waals surface area contributed by atoms with E-state index in [4.69, 9.17) is 0 Å². The van der Waals surface area contributed by atoms with Gasteiger partial charge in [-0.3, -0.25) is 24.0 Å². The van der Waals surface area contributed by atoms with Crippen molar-refractivity contribution in [3.05, 3.63) is 84.1 Å². The van der Waals surface area contributed by atoms with Crippen molar-refractivity contribution in [2.45, 2.75) is 31.2 Å². The Hall–Kier alpha value is -4.05. The Kier molecular flexibility index (Phi) is 6.65. The molecule has 9 nitrogen and oxygen atoms in total. The van der Waals surface area contributed by atoms with Crippen LogP contribution in [0, 0.1) is 5.92 Å². The Morgan fingerprint density at radius 3 is 2.09 bits per heavy atom. The number of anilines is 2. The minimum Gasteiger partial charge on any atom is -0.324 e. The highest BCUT2D eigenvalue weighted by Crippen LogP contribution is 2.29. The summed E-state index contributed by atoms with van der Waals surface area (Å²) in [5, 5.41) is 2.72. The summed E-state index contributed by atoms with van der Waals surface area (Å²) in [6.07, 6.45) is 2.03. The molecule has 35 heavy (non-hydrogen) atoms. The molecular formula is C25H24N4O5S. The molecule has 0 radical (unpaired) electrons.